The van der Waals surface area contributed by atoms with Crippen molar-refractivity contribution in [1.29, 1.82) is 0 Å². The van der Waals surface area contributed by atoms with Gasteiger partial charge in [0.05, 0.1) is 12.1 Å². The van der Waals surface area contributed by atoms with Crippen molar-refractivity contribution in [3.05, 3.63) is 18.0 Å². The Kier molecular flexibility index (Phi) is 3.45. The first-order chi connectivity index (χ1) is 8.65. The molecule has 1 unspecified atom stereocenters. The second-order valence-corrected chi connectivity index (χ2v) is 3.91. The van der Waals surface area contributed by atoms with Gasteiger partial charge >= 0.3 is 5.97 Å². The van der Waals surface area contributed by atoms with Gasteiger partial charge in [-0.3, -0.25) is 4.79 Å². The van der Waals surface area contributed by atoms with Crippen LogP contribution in [0, 0.1) is 0 Å². The Balaban J connectivity index is 2.32. The summed E-state index contributed by atoms with van der Waals surface area (Å²) in [5, 5.41) is 2.94. The van der Waals surface area contributed by atoms with E-state index < -0.39 is 5.92 Å². The summed E-state index contributed by atoms with van der Waals surface area (Å²) in [6.07, 6.45) is 0. The minimum Gasteiger partial charge on any atom is -0.465 e. The number of hydrogen-bond acceptors (Lipinski definition) is 5. The molecular formula is C12H16N4O2. The molecule has 2 aromatic rings. The first-order valence-electron chi connectivity index (χ1n) is 5.86. The van der Waals surface area contributed by atoms with Crippen LogP contribution in [0.4, 0.5) is 5.82 Å². The summed E-state index contributed by atoms with van der Waals surface area (Å²) in [5.74, 6) is 0.608. The van der Waals surface area contributed by atoms with E-state index in [9.17, 15) is 4.79 Å². The number of aromatic amines is 1. The van der Waals surface area contributed by atoms with Gasteiger partial charge in [-0.15, -0.1) is 0 Å². The average Bonchev–Trinajstić information content (AvgIpc) is 2.80. The van der Waals surface area contributed by atoms with Gasteiger partial charge in [-0.05, 0) is 26.0 Å². The fraction of sp³-hybridized carbons (Fsp3) is 0.417. The Morgan fingerprint density at radius 3 is 2.94 bits per heavy atom. The van der Waals surface area contributed by atoms with Crippen LogP contribution in [0.3, 0.4) is 0 Å². The molecule has 0 amide bonds. The molecule has 1 atom stereocenters. The minimum absolute atomic E-state index is 0.287. The number of carbonyl (C=O) groups is 1. The molecule has 96 valence electrons. The molecule has 0 aliphatic carbocycles. The quantitative estimate of drug-likeness (QED) is 0.804. The van der Waals surface area contributed by atoms with Crippen molar-refractivity contribution in [1.82, 2.24) is 15.0 Å². The van der Waals surface area contributed by atoms with Crippen molar-refractivity contribution < 1.29 is 9.53 Å². The molecule has 0 saturated heterocycles. The van der Waals surface area contributed by atoms with Gasteiger partial charge in [-0.1, -0.05) is 0 Å². The van der Waals surface area contributed by atoms with Gasteiger partial charge in [0.25, 0.3) is 0 Å². The number of fused-ring (bicyclic) bond motifs is 1. The Morgan fingerprint density at radius 1 is 1.50 bits per heavy atom. The third-order valence-corrected chi connectivity index (χ3v) is 2.67. The van der Waals surface area contributed by atoms with Gasteiger partial charge in [-0.25, -0.2) is 9.97 Å². The third-order valence-electron chi connectivity index (χ3n) is 2.67. The summed E-state index contributed by atoms with van der Waals surface area (Å²) in [6, 6.07) is 3.72. The van der Waals surface area contributed by atoms with E-state index in [0.717, 1.165) is 11.3 Å². The van der Waals surface area contributed by atoms with E-state index in [-0.39, 0.29) is 5.97 Å². The van der Waals surface area contributed by atoms with E-state index in [1.54, 1.807) is 20.9 Å². The first-order valence-corrected chi connectivity index (χ1v) is 5.86. The molecule has 6 heteroatoms. The number of anilines is 1. The normalized spacial score (nSPS) is 12.4. The molecule has 0 aliphatic rings. The van der Waals surface area contributed by atoms with Crippen molar-refractivity contribution in [3.63, 3.8) is 0 Å². The highest BCUT2D eigenvalue weighted by atomic mass is 16.5. The largest absolute Gasteiger partial charge is 0.465 e. The lowest BCUT2D eigenvalue weighted by atomic mass is 10.2. The van der Waals surface area contributed by atoms with E-state index in [4.69, 9.17) is 4.74 Å². The molecule has 0 aromatic carbocycles. The zero-order valence-electron chi connectivity index (χ0n) is 10.7. The molecule has 0 radical (unpaired) electrons. The molecule has 0 spiro atoms. The van der Waals surface area contributed by atoms with Crippen LogP contribution in [-0.4, -0.2) is 34.6 Å². The van der Waals surface area contributed by atoms with Crippen molar-refractivity contribution >= 4 is 23.0 Å². The van der Waals surface area contributed by atoms with Crippen molar-refractivity contribution in [2.24, 2.45) is 0 Å². The summed E-state index contributed by atoms with van der Waals surface area (Å²) in [4.78, 5) is 23.3. The smallest absolute Gasteiger partial charge is 0.316 e. The number of H-pyrrole nitrogens is 1. The SMILES string of the molecule is CCOC(=O)C(C)c1nc2nc(NC)ccc2[nH]1. The maximum absolute atomic E-state index is 11.6. The van der Waals surface area contributed by atoms with Crippen LogP contribution in [-0.2, 0) is 9.53 Å². The summed E-state index contributed by atoms with van der Waals surface area (Å²) < 4.78 is 4.97. The lowest BCUT2D eigenvalue weighted by Gasteiger charge is -2.06. The minimum atomic E-state index is -0.419. The molecule has 0 bridgehead atoms. The second-order valence-electron chi connectivity index (χ2n) is 3.91. The molecule has 18 heavy (non-hydrogen) atoms. The molecule has 2 aromatic heterocycles. The van der Waals surface area contributed by atoms with Crippen molar-refractivity contribution in [2.75, 3.05) is 19.0 Å². The number of ether oxygens (including phenoxy) is 1. The lowest BCUT2D eigenvalue weighted by Crippen LogP contribution is -2.14. The van der Waals surface area contributed by atoms with Gasteiger partial charge < -0.3 is 15.0 Å². The molecule has 0 saturated carbocycles. The highest BCUT2D eigenvalue weighted by molar-refractivity contribution is 5.79. The summed E-state index contributed by atoms with van der Waals surface area (Å²) in [6.45, 7) is 3.91. The standard InChI is InChI=1S/C12H16N4O2/c1-4-18-12(17)7(2)10-14-8-5-6-9(13-3)15-11(8)16-10/h5-7H,4H2,1-3H3,(H2,13,14,15,16). The number of nitrogens with one attached hydrogen (secondary N) is 2. The number of carbonyl (C=O) groups excluding carboxylic acids is 1. The average molecular weight is 248 g/mol. The monoisotopic (exact) mass is 248 g/mol. The van der Waals surface area contributed by atoms with Crippen LogP contribution in [0.5, 0.6) is 0 Å². The highest BCUT2D eigenvalue weighted by Crippen LogP contribution is 2.18. The van der Waals surface area contributed by atoms with E-state index >= 15 is 0 Å². The number of pyridine rings is 1. The van der Waals surface area contributed by atoms with E-state index in [0.29, 0.717) is 18.1 Å². The molecule has 2 rings (SSSR count). The summed E-state index contributed by atoms with van der Waals surface area (Å²) in [7, 11) is 1.79. The van der Waals surface area contributed by atoms with Crippen molar-refractivity contribution in [2.45, 2.75) is 19.8 Å². The fourth-order valence-electron chi connectivity index (χ4n) is 1.63. The second kappa shape index (κ2) is 5.03. The molecule has 2 N–H and O–H groups in total. The fourth-order valence-corrected chi connectivity index (χ4v) is 1.63. The molecule has 2 heterocycles. The van der Waals surface area contributed by atoms with Crippen LogP contribution >= 0.6 is 0 Å². The zero-order valence-corrected chi connectivity index (χ0v) is 10.7. The number of rotatable bonds is 4. The van der Waals surface area contributed by atoms with Gasteiger partial charge in [0.15, 0.2) is 5.65 Å². The van der Waals surface area contributed by atoms with Crippen LogP contribution in [0.2, 0.25) is 0 Å². The maximum atomic E-state index is 11.6. The van der Waals surface area contributed by atoms with Crippen molar-refractivity contribution in [3.8, 4) is 0 Å². The summed E-state index contributed by atoms with van der Waals surface area (Å²) >= 11 is 0. The molecular weight excluding hydrogens is 232 g/mol. The van der Waals surface area contributed by atoms with E-state index in [1.165, 1.54) is 0 Å². The van der Waals surface area contributed by atoms with Gasteiger partial charge in [0, 0.05) is 7.05 Å². The zero-order chi connectivity index (χ0) is 13.1. The van der Waals surface area contributed by atoms with Crippen LogP contribution < -0.4 is 5.32 Å². The lowest BCUT2D eigenvalue weighted by molar-refractivity contribution is -0.144. The summed E-state index contributed by atoms with van der Waals surface area (Å²) in [5.41, 5.74) is 1.40. The molecule has 6 nitrogen and oxygen atoms in total. The third kappa shape index (κ3) is 2.27. The Labute approximate surface area is 105 Å². The first kappa shape index (κ1) is 12.3. The molecule has 0 aliphatic heterocycles. The van der Waals surface area contributed by atoms with Gasteiger partial charge in [0.1, 0.15) is 17.6 Å². The molecule has 0 fully saturated rings. The Bertz CT molecular complexity index is 564. The van der Waals surface area contributed by atoms with Crippen LogP contribution in [0.1, 0.15) is 25.6 Å². The number of imidazole rings is 1. The van der Waals surface area contributed by atoms with E-state index in [2.05, 4.69) is 20.3 Å². The number of esters is 1. The predicted molar refractivity (Wildman–Crippen MR) is 68.5 cm³/mol. The topological polar surface area (TPSA) is 79.9 Å². The number of nitrogens with zero attached hydrogens (tertiary/aromatic N) is 2. The van der Waals surface area contributed by atoms with Crippen LogP contribution in [0.15, 0.2) is 12.1 Å². The van der Waals surface area contributed by atoms with Crippen LogP contribution in [0.25, 0.3) is 11.2 Å². The Hall–Kier alpha value is -2.11. The van der Waals surface area contributed by atoms with E-state index in [1.807, 2.05) is 12.1 Å². The maximum Gasteiger partial charge on any atom is 0.316 e. The van der Waals surface area contributed by atoms with Gasteiger partial charge in [-0.2, -0.15) is 0 Å². The number of hydrogen-bond donors (Lipinski definition) is 2. The highest BCUT2D eigenvalue weighted by Gasteiger charge is 2.20. The predicted octanol–water partition coefficient (Wildman–Crippen LogP) is 1.67. The van der Waals surface area contributed by atoms with Gasteiger partial charge in [0.2, 0.25) is 0 Å². The Morgan fingerprint density at radius 2 is 2.28 bits per heavy atom. The number of aromatic nitrogens is 3.